The fourth-order valence-electron chi connectivity index (χ4n) is 2.71. The summed E-state index contributed by atoms with van der Waals surface area (Å²) in [5.41, 5.74) is -0.488. The number of rotatable bonds is 6. The van der Waals surface area contributed by atoms with E-state index in [1.165, 1.54) is 43.5 Å². The second-order valence-corrected chi connectivity index (χ2v) is 5.66. The molecule has 0 radical (unpaired) electrons. The minimum atomic E-state index is -0.870. The van der Waals surface area contributed by atoms with E-state index in [9.17, 15) is 19.7 Å². The van der Waals surface area contributed by atoms with Gasteiger partial charge in [-0.25, -0.2) is 4.79 Å². The number of benzene rings is 1. The van der Waals surface area contributed by atoms with E-state index in [0.717, 1.165) is 12.8 Å². The molecule has 0 saturated heterocycles. The Bertz CT molecular complexity index is 582. The summed E-state index contributed by atoms with van der Waals surface area (Å²) in [4.78, 5) is 33.8. The second kappa shape index (κ2) is 8.26. The minimum Gasteiger partial charge on any atom is -0.452 e. The average Bonchev–Trinajstić information content (AvgIpc) is 2.58. The van der Waals surface area contributed by atoms with Gasteiger partial charge in [-0.3, -0.25) is 14.9 Å². The first kappa shape index (κ1) is 16.9. The van der Waals surface area contributed by atoms with Gasteiger partial charge < -0.3 is 10.1 Å². The van der Waals surface area contributed by atoms with Crippen LogP contribution < -0.4 is 5.32 Å². The van der Waals surface area contributed by atoms with E-state index in [0.29, 0.717) is 12.5 Å². The van der Waals surface area contributed by atoms with Crippen LogP contribution in [0.3, 0.4) is 0 Å². The van der Waals surface area contributed by atoms with Gasteiger partial charge in [0.1, 0.15) is 5.56 Å². The van der Waals surface area contributed by atoms with E-state index >= 15 is 0 Å². The number of carbonyl (C=O) groups is 2. The molecule has 1 aromatic carbocycles. The van der Waals surface area contributed by atoms with E-state index in [2.05, 4.69) is 5.32 Å². The van der Waals surface area contributed by atoms with Crippen molar-refractivity contribution in [1.82, 2.24) is 5.32 Å². The molecule has 2 rings (SSSR count). The molecule has 0 aromatic heterocycles. The number of carbonyl (C=O) groups excluding carboxylic acids is 2. The average molecular weight is 320 g/mol. The maximum atomic E-state index is 11.9. The minimum absolute atomic E-state index is 0.155. The second-order valence-electron chi connectivity index (χ2n) is 5.66. The van der Waals surface area contributed by atoms with Crippen LogP contribution in [0.15, 0.2) is 24.3 Å². The van der Waals surface area contributed by atoms with Crippen molar-refractivity contribution in [2.45, 2.75) is 32.1 Å². The van der Waals surface area contributed by atoms with Crippen LogP contribution in [0.5, 0.6) is 0 Å². The zero-order valence-corrected chi connectivity index (χ0v) is 12.8. The highest BCUT2D eigenvalue weighted by molar-refractivity contribution is 5.95. The molecule has 0 spiro atoms. The van der Waals surface area contributed by atoms with Crippen LogP contribution in [0.4, 0.5) is 5.69 Å². The zero-order chi connectivity index (χ0) is 16.7. The molecule has 7 nitrogen and oxygen atoms in total. The normalized spacial score (nSPS) is 15.0. The number of hydrogen-bond donors (Lipinski definition) is 1. The molecule has 1 fully saturated rings. The largest absolute Gasteiger partial charge is 0.452 e. The number of nitro groups is 1. The molecule has 1 aliphatic rings. The summed E-state index contributed by atoms with van der Waals surface area (Å²) >= 11 is 0. The molecule has 7 heteroatoms. The summed E-state index contributed by atoms with van der Waals surface area (Å²) in [7, 11) is 0. The molecule has 124 valence electrons. The van der Waals surface area contributed by atoms with Crippen LogP contribution in [-0.4, -0.2) is 30.0 Å². The van der Waals surface area contributed by atoms with E-state index in [-0.39, 0.29) is 17.2 Å². The Hall–Kier alpha value is -2.44. The summed E-state index contributed by atoms with van der Waals surface area (Å²) in [5.74, 6) is -0.772. The number of hydrogen-bond acceptors (Lipinski definition) is 5. The number of amides is 1. The van der Waals surface area contributed by atoms with Gasteiger partial charge in [-0.05, 0) is 24.8 Å². The van der Waals surface area contributed by atoms with Gasteiger partial charge >= 0.3 is 5.97 Å². The van der Waals surface area contributed by atoms with Gasteiger partial charge in [-0.15, -0.1) is 0 Å². The standard InChI is InChI=1S/C16H20N2O5/c19-15(17-10-12-6-2-1-3-7-12)11-23-16(20)13-8-4-5-9-14(13)18(21)22/h4-5,8-9,12H,1-3,6-7,10-11H2,(H,17,19). The Morgan fingerprint density at radius 3 is 2.61 bits per heavy atom. The third-order valence-corrected chi connectivity index (χ3v) is 3.97. The molecule has 1 N–H and O–H groups in total. The van der Waals surface area contributed by atoms with Gasteiger partial charge in [0.2, 0.25) is 0 Å². The highest BCUT2D eigenvalue weighted by atomic mass is 16.6. The topological polar surface area (TPSA) is 98.5 Å². The highest BCUT2D eigenvalue weighted by Gasteiger charge is 2.21. The lowest BCUT2D eigenvalue weighted by molar-refractivity contribution is -0.385. The Labute approximate surface area is 134 Å². The van der Waals surface area contributed by atoms with Gasteiger partial charge in [0.25, 0.3) is 11.6 Å². The first-order valence-corrected chi connectivity index (χ1v) is 7.75. The summed E-state index contributed by atoms with van der Waals surface area (Å²) in [6, 6.07) is 5.50. The van der Waals surface area contributed by atoms with Gasteiger partial charge in [-0.2, -0.15) is 0 Å². The van der Waals surface area contributed by atoms with Crippen molar-refractivity contribution in [2.24, 2.45) is 5.92 Å². The molecule has 0 bridgehead atoms. The number of nitrogens with zero attached hydrogens (tertiary/aromatic N) is 1. The lowest BCUT2D eigenvalue weighted by Crippen LogP contribution is -2.33. The van der Waals surface area contributed by atoms with E-state index in [4.69, 9.17) is 4.74 Å². The fourth-order valence-corrected chi connectivity index (χ4v) is 2.71. The first-order valence-electron chi connectivity index (χ1n) is 7.75. The Morgan fingerprint density at radius 2 is 1.91 bits per heavy atom. The number of ether oxygens (including phenoxy) is 1. The van der Waals surface area contributed by atoms with Crippen LogP contribution in [0.25, 0.3) is 0 Å². The van der Waals surface area contributed by atoms with Crippen LogP contribution in [0.1, 0.15) is 42.5 Å². The molecule has 0 atom stereocenters. The predicted molar refractivity (Wildman–Crippen MR) is 83.0 cm³/mol. The van der Waals surface area contributed by atoms with Crippen molar-refractivity contribution in [3.8, 4) is 0 Å². The number of para-hydroxylation sites is 1. The molecule has 1 aliphatic carbocycles. The Morgan fingerprint density at radius 1 is 1.22 bits per heavy atom. The van der Waals surface area contributed by atoms with Crippen molar-refractivity contribution in [2.75, 3.05) is 13.2 Å². The molecule has 0 heterocycles. The van der Waals surface area contributed by atoms with E-state index in [1.54, 1.807) is 0 Å². The number of nitrogens with one attached hydrogen (secondary N) is 1. The summed E-state index contributed by atoms with van der Waals surface area (Å²) in [6.07, 6.45) is 5.84. The van der Waals surface area contributed by atoms with Crippen molar-refractivity contribution in [3.63, 3.8) is 0 Å². The van der Waals surface area contributed by atoms with Crippen LogP contribution >= 0.6 is 0 Å². The van der Waals surface area contributed by atoms with Crippen molar-refractivity contribution in [1.29, 1.82) is 0 Å². The third-order valence-electron chi connectivity index (χ3n) is 3.97. The van der Waals surface area contributed by atoms with Crippen molar-refractivity contribution < 1.29 is 19.2 Å². The molecule has 23 heavy (non-hydrogen) atoms. The SMILES string of the molecule is O=C(COC(=O)c1ccccc1[N+](=O)[O-])NCC1CCCCC1. The van der Waals surface area contributed by atoms with Crippen LogP contribution in [-0.2, 0) is 9.53 Å². The van der Waals surface area contributed by atoms with Crippen molar-refractivity contribution >= 4 is 17.6 Å². The summed E-state index contributed by atoms with van der Waals surface area (Å²) in [6.45, 7) is 0.152. The van der Waals surface area contributed by atoms with Crippen molar-refractivity contribution in [3.05, 3.63) is 39.9 Å². The number of esters is 1. The van der Waals surface area contributed by atoms with Crippen LogP contribution in [0.2, 0.25) is 0 Å². The molecule has 1 saturated carbocycles. The molecular weight excluding hydrogens is 300 g/mol. The monoisotopic (exact) mass is 320 g/mol. The molecule has 0 aliphatic heterocycles. The quantitative estimate of drug-likeness (QED) is 0.493. The van der Waals surface area contributed by atoms with Gasteiger partial charge in [-0.1, -0.05) is 31.4 Å². The third kappa shape index (κ3) is 5.05. The maximum Gasteiger partial charge on any atom is 0.345 e. The van der Waals surface area contributed by atoms with E-state index < -0.39 is 17.5 Å². The maximum absolute atomic E-state index is 11.9. The predicted octanol–water partition coefficient (Wildman–Crippen LogP) is 2.45. The van der Waals surface area contributed by atoms with E-state index in [1.807, 2.05) is 0 Å². The molecule has 1 amide bonds. The Kier molecular flexibility index (Phi) is 6.08. The van der Waals surface area contributed by atoms with Gasteiger partial charge in [0.15, 0.2) is 6.61 Å². The first-order chi connectivity index (χ1) is 11.1. The Balaban J connectivity index is 1.79. The molecule has 1 aromatic rings. The number of nitro benzene ring substituents is 1. The fraction of sp³-hybridized carbons (Fsp3) is 0.500. The smallest absolute Gasteiger partial charge is 0.345 e. The van der Waals surface area contributed by atoms with Crippen LogP contribution in [0, 0.1) is 16.0 Å². The summed E-state index contributed by atoms with van der Waals surface area (Å²) < 4.78 is 4.87. The van der Waals surface area contributed by atoms with Gasteiger partial charge in [0, 0.05) is 12.6 Å². The lowest BCUT2D eigenvalue weighted by Gasteiger charge is -2.21. The highest BCUT2D eigenvalue weighted by Crippen LogP contribution is 2.22. The molecule has 0 unspecified atom stereocenters. The molecular formula is C16H20N2O5. The zero-order valence-electron chi connectivity index (χ0n) is 12.8. The van der Waals surface area contributed by atoms with Gasteiger partial charge in [0.05, 0.1) is 4.92 Å². The lowest BCUT2D eigenvalue weighted by atomic mass is 9.89. The summed E-state index contributed by atoms with van der Waals surface area (Å²) in [5, 5.41) is 13.6.